The van der Waals surface area contributed by atoms with Crippen molar-refractivity contribution in [3.8, 4) is 11.8 Å². The zero-order valence-electron chi connectivity index (χ0n) is 7.52. The van der Waals surface area contributed by atoms with Gasteiger partial charge in [0.15, 0.2) is 0 Å². The molecule has 0 aliphatic rings. The zero-order valence-corrected chi connectivity index (χ0v) is 7.52. The fraction of sp³-hybridized carbons (Fsp3) is 0.231. The lowest BCUT2D eigenvalue weighted by Gasteiger charge is -1.97. The summed E-state index contributed by atoms with van der Waals surface area (Å²) in [5.41, 5.74) is 3.32. The van der Waals surface area contributed by atoms with Crippen LogP contribution < -0.4 is 0 Å². The van der Waals surface area contributed by atoms with Crippen LogP contribution in [0.1, 0.15) is 32.4 Å². The summed E-state index contributed by atoms with van der Waals surface area (Å²) >= 11 is 0. The van der Waals surface area contributed by atoms with Crippen LogP contribution in [0.4, 0.5) is 0 Å². The monoisotopic (exact) mass is 172 g/mol. The predicted octanol–water partition coefficient (Wildman–Crippen LogP) is 3.73. The predicted molar refractivity (Wildman–Crippen MR) is 60.4 cm³/mol. The quantitative estimate of drug-likeness (QED) is 0.566. The Morgan fingerprint density at radius 1 is 1.23 bits per heavy atom. The van der Waals surface area contributed by atoms with E-state index in [0.29, 0.717) is 0 Å². The Bertz CT molecular complexity index is 331. The van der Waals surface area contributed by atoms with Crippen LogP contribution in [-0.2, 0) is 0 Å². The van der Waals surface area contributed by atoms with E-state index in [4.69, 9.17) is 0 Å². The molecule has 0 saturated heterocycles. The van der Waals surface area contributed by atoms with Gasteiger partial charge in [-0.2, -0.15) is 0 Å². The molecule has 13 heavy (non-hydrogen) atoms. The van der Waals surface area contributed by atoms with Gasteiger partial charge >= 0.3 is 0 Å². The van der Waals surface area contributed by atoms with Crippen molar-refractivity contribution in [3.05, 3.63) is 42.0 Å². The summed E-state index contributed by atoms with van der Waals surface area (Å²) in [4.78, 5) is 0. The second kappa shape index (κ2) is 5.22. The first-order valence-electron chi connectivity index (χ1n) is 3.92. The summed E-state index contributed by atoms with van der Waals surface area (Å²) in [5, 5.41) is 0. The summed E-state index contributed by atoms with van der Waals surface area (Å²) in [6.45, 7) is 7.71. The van der Waals surface area contributed by atoms with Crippen LogP contribution in [0.2, 0.25) is 0 Å². The number of hydrogen-bond donors (Lipinski definition) is 0. The van der Waals surface area contributed by atoms with Crippen LogP contribution >= 0.6 is 0 Å². The van der Waals surface area contributed by atoms with Crippen molar-refractivity contribution in [1.82, 2.24) is 0 Å². The van der Waals surface area contributed by atoms with Gasteiger partial charge in [-0.05, 0) is 31.5 Å². The molecule has 0 atom stereocenters. The average Bonchev–Trinajstić information content (AvgIpc) is 2.06. The Hall–Kier alpha value is -1.48. The minimum absolute atomic E-state index is 0. The highest BCUT2D eigenvalue weighted by Crippen LogP contribution is 2.11. The van der Waals surface area contributed by atoms with Crippen LogP contribution in [-0.4, -0.2) is 0 Å². The molecule has 0 bridgehead atoms. The van der Waals surface area contributed by atoms with Crippen LogP contribution in [0.5, 0.6) is 0 Å². The van der Waals surface area contributed by atoms with Crippen molar-refractivity contribution in [2.24, 2.45) is 0 Å². The van der Waals surface area contributed by atoms with Gasteiger partial charge in [0, 0.05) is 5.56 Å². The lowest BCUT2D eigenvalue weighted by Crippen LogP contribution is -1.78. The molecule has 0 saturated carbocycles. The molecule has 68 valence electrons. The third kappa shape index (κ3) is 3.17. The second-order valence-corrected chi connectivity index (χ2v) is 2.73. The molecule has 1 aromatic rings. The van der Waals surface area contributed by atoms with Gasteiger partial charge in [-0.15, -0.1) is 5.92 Å². The molecule has 0 unspecified atom stereocenters. The molecule has 0 nitrogen and oxygen atoms in total. The van der Waals surface area contributed by atoms with Crippen LogP contribution in [0.15, 0.2) is 30.8 Å². The Balaban J connectivity index is 0.00000144. The van der Waals surface area contributed by atoms with Crippen molar-refractivity contribution in [2.45, 2.75) is 21.3 Å². The maximum atomic E-state index is 3.86. The lowest BCUT2D eigenvalue weighted by atomic mass is 10.1. The Kier molecular flexibility index (Phi) is 4.62. The Morgan fingerprint density at radius 2 is 1.77 bits per heavy atom. The third-order valence-electron chi connectivity index (χ3n) is 1.65. The number of hydrogen-bond acceptors (Lipinski definition) is 0. The molecule has 0 amide bonds. The molecule has 1 aromatic carbocycles. The smallest absolute Gasteiger partial charge is 0.0245 e. The molecule has 0 aliphatic carbocycles. The van der Waals surface area contributed by atoms with Crippen molar-refractivity contribution >= 4 is 5.57 Å². The zero-order chi connectivity index (χ0) is 8.97. The fourth-order valence-electron chi connectivity index (χ4n) is 0.982. The van der Waals surface area contributed by atoms with Gasteiger partial charge in [0.1, 0.15) is 0 Å². The first kappa shape index (κ1) is 11.5. The number of benzene rings is 1. The summed E-state index contributed by atoms with van der Waals surface area (Å²) in [6.07, 6.45) is 0. The molecule has 0 heterocycles. The molecule has 1 rings (SSSR count). The van der Waals surface area contributed by atoms with Crippen molar-refractivity contribution < 1.29 is 0 Å². The maximum Gasteiger partial charge on any atom is 0.0245 e. The molecule has 0 spiro atoms. The van der Waals surface area contributed by atoms with Gasteiger partial charge in [0.25, 0.3) is 0 Å². The highest BCUT2D eigenvalue weighted by atomic mass is 14.0. The number of allylic oxidation sites excluding steroid dienone is 1. The summed E-state index contributed by atoms with van der Waals surface area (Å²) in [6, 6.07) is 8.12. The molecule has 0 fully saturated rings. The highest BCUT2D eigenvalue weighted by molar-refractivity contribution is 5.61. The first-order valence-corrected chi connectivity index (χ1v) is 3.92. The Morgan fingerprint density at radius 3 is 2.15 bits per heavy atom. The fourth-order valence-corrected chi connectivity index (χ4v) is 0.982. The average molecular weight is 172 g/mol. The highest BCUT2D eigenvalue weighted by Gasteiger charge is 1.91. The van der Waals surface area contributed by atoms with E-state index in [9.17, 15) is 0 Å². The van der Waals surface area contributed by atoms with Crippen LogP contribution in [0, 0.1) is 11.8 Å². The SMILES string of the molecule is C.C=C(C)c1ccc(C#CC)cc1. The number of rotatable bonds is 1. The first-order chi connectivity index (χ1) is 5.74. The van der Waals surface area contributed by atoms with E-state index in [-0.39, 0.29) is 7.43 Å². The van der Waals surface area contributed by atoms with Gasteiger partial charge in [0.2, 0.25) is 0 Å². The summed E-state index contributed by atoms with van der Waals surface area (Å²) in [7, 11) is 0. The topological polar surface area (TPSA) is 0 Å². The van der Waals surface area contributed by atoms with E-state index in [1.54, 1.807) is 0 Å². The molecule has 0 radical (unpaired) electrons. The summed E-state index contributed by atoms with van der Waals surface area (Å²) in [5.74, 6) is 5.85. The minimum atomic E-state index is 0. The van der Waals surface area contributed by atoms with Crippen molar-refractivity contribution in [2.75, 3.05) is 0 Å². The molecular weight excluding hydrogens is 156 g/mol. The van der Waals surface area contributed by atoms with Gasteiger partial charge in [-0.25, -0.2) is 0 Å². The van der Waals surface area contributed by atoms with E-state index in [0.717, 1.165) is 11.1 Å². The molecule has 0 aliphatic heterocycles. The van der Waals surface area contributed by atoms with Gasteiger partial charge in [-0.1, -0.05) is 37.6 Å². The molecular formula is C13H16. The largest absolute Gasteiger partial charge is 0.101 e. The summed E-state index contributed by atoms with van der Waals surface area (Å²) < 4.78 is 0. The normalized spacial score (nSPS) is 7.85. The van der Waals surface area contributed by atoms with Crippen molar-refractivity contribution in [1.29, 1.82) is 0 Å². The molecule has 0 N–H and O–H groups in total. The minimum Gasteiger partial charge on any atom is -0.101 e. The Labute approximate surface area is 81.3 Å². The van der Waals surface area contributed by atoms with E-state index in [2.05, 4.69) is 18.4 Å². The van der Waals surface area contributed by atoms with E-state index < -0.39 is 0 Å². The van der Waals surface area contributed by atoms with Crippen LogP contribution in [0.3, 0.4) is 0 Å². The van der Waals surface area contributed by atoms with Gasteiger partial charge in [0.05, 0.1) is 0 Å². The lowest BCUT2D eigenvalue weighted by molar-refractivity contribution is 1.55. The van der Waals surface area contributed by atoms with Gasteiger partial charge < -0.3 is 0 Å². The van der Waals surface area contributed by atoms with Crippen molar-refractivity contribution in [3.63, 3.8) is 0 Å². The van der Waals surface area contributed by atoms with Crippen LogP contribution in [0.25, 0.3) is 5.57 Å². The maximum absolute atomic E-state index is 3.86. The molecule has 0 heteroatoms. The standard InChI is InChI=1S/C12H12.CH4/c1-4-5-11-6-8-12(9-7-11)10(2)3;/h6-9H,2H2,1,3H3;1H4. The van der Waals surface area contributed by atoms with E-state index in [1.165, 1.54) is 5.56 Å². The van der Waals surface area contributed by atoms with E-state index in [1.807, 2.05) is 38.1 Å². The van der Waals surface area contributed by atoms with E-state index >= 15 is 0 Å². The second-order valence-electron chi connectivity index (χ2n) is 2.73. The third-order valence-corrected chi connectivity index (χ3v) is 1.65. The van der Waals surface area contributed by atoms with Gasteiger partial charge in [-0.3, -0.25) is 0 Å². The molecule has 0 aromatic heterocycles.